The Morgan fingerprint density at radius 2 is 2.22 bits per heavy atom. The van der Waals surface area contributed by atoms with Crippen LogP contribution in [0.1, 0.15) is 38.1 Å². The van der Waals surface area contributed by atoms with Crippen molar-refractivity contribution in [2.45, 2.75) is 44.8 Å². The molecule has 0 aliphatic carbocycles. The van der Waals surface area contributed by atoms with Crippen LogP contribution < -0.4 is 0 Å². The number of aliphatic hydroxyl groups is 1. The zero-order valence-corrected chi connectivity index (χ0v) is 10.3. The summed E-state index contributed by atoms with van der Waals surface area (Å²) < 4.78 is 26.3. The predicted octanol–water partition coefficient (Wildman–Crippen LogP) is 2.02. The topological polar surface area (TPSA) is 41.3 Å². The van der Waals surface area contributed by atoms with Crippen molar-refractivity contribution in [1.29, 1.82) is 0 Å². The summed E-state index contributed by atoms with van der Waals surface area (Å²) in [6.07, 6.45) is 6.89. The summed E-state index contributed by atoms with van der Waals surface area (Å²) in [5.74, 6) is 0.366. The molecule has 0 aromatic carbocycles. The van der Waals surface area contributed by atoms with Crippen LogP contribution in [0.15, 0.2) is 12.4 Å². The molecule has 0 saturated carbocycles. The minimum atomic E-state index is -2.55. The SMILES string of the molecule is OCC1CCCCCN1Cc1nccn1C(F)F. The van der Waals surface area contributed by atoms with Gasteiger partial charge in [0.05, 0.1) is 13.2 Å². The van der Waals surface area contributed by atoms with Gasteiger partial charge >= 0.3 is 6.55 Å². The first-order chi connectivity index (χ1) is 8.72. The van der Waals surface area contributed by atoms with Crippen LogP contribution in [0.25, 0.3) is 0 Å². The van der Waals surface area contributed by atoms with E-state index in [1.807, 2.05) is 0 Å². The summed E-state index contributed by atoms with van der Waals surface area (Å²) in [6, 6.07) is 0.0651. The highest BCUT2D eigenvalue weighted by Crippen LogP contribution is 2.20. The van der Waals surface area contributed by atoms with Gasteiger partial charge in [-0.05, 0) is 19.4 Å². The van der Waals surface area contributed by atoms with Crippen molar-refractivity contribution in [2.24, 2.45) is 0 Å². The van der Waals surface area contributed by atoms with Crippen molar-refractivity contribution in [3.05, 3.63) is 18.2 Å². The Morgan fingerprint density at radius 3 is 2.94 bits per heavy atom. The molecular weight excluding hydrogens is 240 g/mol. The van der Waals surface area contributed by atoms with Crippen LogP contribution >= 0.6 is 0 Å². The molecule has 1 atom stereocenters. The van der Waals surface area contributed by atoms with Crippen molar-refractivity contribution >= 4 is 0 Å². The fraction of sp³-hybridized carbons (Fsp3) is 0.750. The second kappa shape index (κ2) is 6.24. The number of imidazole rings is 1. The molecular formula is C12H19F2N3O. The highest BCUT2D eigenvalue weighted by Gasteiger charge is 2.22. The van der Waals surface area contributed by atoms with Gasteiger partial charge in [0.15, 0.2) is 0 Å². The molecule has 18 heavy (non-hydrogen) atoms. The van der Waals surface area contributed by atoms with Crippen molar-refractivity contribution in [3.8, 4) is 0 Å². The van der Waals surface area contributed by atoms with Gasteiger partial charge in [-0.15, -0.1) is 0 Å². The second-order valence-corrected chi connectivity index (χ2v) is 4.68. The lowest BCUT2D eigenvalue weighted by Gasteiger charge is -2.28. The van der Waals surface area contributed by atoms with E-state index in [2.05, 4.69) is 9.88 Å². The Morgan fingerprint density at radius 1 is 1.39 bits per heavy atom. The third kappa shape index (κ3) is 3.05. The molecule has 1 N–H and O–H groups in total. The molecule has 102 valence electrons. The summed E-state index contributed by atoms with van der Waals surface area (Å²) >= 11 is 0. The summed E-state index contributed by atoms with van der Waals surface area (Å²) in [7, 11) is 0. The van der Waals surface area contributed by atoms with Crippen molar-refractivity contribution < 1.29 is 13.9 Å². The quantitative estimate of drug-likeness (QED) is 0.899. The standard InChI is InChI=1S/C12H19F2N3O/c13-12(14)17-7-5-15-11(17)8-16-6-3-1-2-4-10(16)9-18/h5,7,10,12,18H,1-4,6,8-9H2. The van der Waals surface area contributed by atoms with Gasteiger partial charge in [-0.2, -0.15) is 8.78 Å². The molecule has 1 aromatic heterocycles. The van der Waals surface area contributed by atoms with Gasteiger partial charge in [0.1, 0.15) is 5.82 Å². The first-order valence-electron chi connectivity index (χ1n) is 6.37. The average molecular weight is 259 g/mol. The molecule has 1 saturated heterocycles. The van der Waals surface area contributed by atoms with Gasteiger partial charge in [0, 0.05) is 18.4 Å². The summed E-state index contributed by atoms with van der Waals surface area (Å²) in [5.41, 5.74) is 0. The Bertz CT molecular complexity index is 370. The normalized spacial score (nSPS) is 22.3. The second-order valence-electron chi connectivity index (χ2n) is 4.68. The fourth-order valence-corrected chi connectivity index (χ4v) is 2.48. The van der Waals surface area contributed by atoms with E-state index < -0.39 is 6.55 Å². The molecule has 6 heteroatoms. The van der Waals surface area contributed by atoms with E-state index in [1.165, 1.54) is 12.4 Å². The predicted molar refractivity (Wildman–Crippen MR) is 63.2 cm³/mol. The maximum atomic E-state index is 12.7. The highest BCUT2D eigenvalue weighted by molar-refractivity contribution is 4.94. The molecule has 0 amide bonds. The smallest absolute Gasteiger partial charge is 0.319 e. The Balaban J connectivity index is 2.07. The summed E-state index contributed by atoms with van der Waals surface area (Å²) in [5, 5.41) is 9.38. The zero-order valence-electron chi connectivity index (χ0n) is 10.3. The monoisotopic (exact) mass is 259 g/mol. The molecule has 4 nitrogen and oxygen atoms in total. The van der Waals surface area contributed by atoms with Crippen LogP contribution in [0.5, 0.6) is 0 Å². The van der Waals surface area contributed by atoms with Gasteiger partial charge in [0.25, 0.3) is 0 Å². The third-order valence-corrected chi connectivity index (χ3v) is 3.51. The lowest BCUT2D eigenvalue weighted by Crippen LogP contribution is -2.37. The molecule has 0 spiro atoms. The Hall–Kier alpha value is -1.01. The lowest BCUT2D eigenvalue weighted by molar-refractivity contribution is 0.0591. The minimum Gasteiger partial charge on any atom is -0.395 e. The number of rotatable bonds is 4. The van der Waals surface area contributed by atoms with E-state index in [0.717, 1.165) is 36.8 Å². The van der Waals surface area contributed by atoms with Gasteiger partial charge in [-0.1, -0.05) is 12.8 Å². The average Bonchev–Trinajstić information content (AvgIpc) is 2.69. The maximum Gasteiger partial charge on any atom is 0.319 e. The van der Waals surface area contributed by atoms with Crippen LogP contribution in [0.4, 0.5) is 8.78 Å². The van der Waals surface area contributed by atoms with E-state index >= 15 is 0 Å². The number of halogens is 2. The van der Waals surface area contributed by atoms with Crippen molar-refractivity contribution in [1.82, 2.24) is 14.5 Å². The number of aliphatic hydroxyl groups excluding tert-OH is 1. The van der Waals surface area contributed by atoms with Gasteiger partial charge in [-0.25, -0.2) is 4.98 Å². The molecule has 0 bridgehead atoms. The van der Waals surface area contributed by atoms with Crippen LogP contribution in [0.2, 0.25) is 0 Å². The fourth-order valence-electron chi connectivity index (χ4n) is 2.48. The van der Waals surface area contributed by atoms with Crippen LogP contribution in [-0.2, 0) is 6.54 Å². The minimum absolute atomic E-state index is 0.0651. The van der Waals surface area contributed by atoms with Crippen molar-refractivity contribution in [3.63, 3.8) is 0 Å². The highest BCUT2D eigenvalue weighted by atomic mass is 19.3. The first kappa shape index (κ1) is 13.4. The molecule has 1 aliphatic heterocycles. The Kier molecular flexibility index (Phi) is 4.66. The van der Waals surface area contributed by atoms with E-state index in [4.69, 9.17) is 0 Å². The Labute approximate surface area is 105 Å². The summed E-state index contributed by atoms with van der Waals surface area (Å²) in [4.78, 5) is 6.05. The molecule has 1 aliphatic rings. The molecule has 1 unspecified atom stereocenters. The van der Waals surface area contributed by atoms with Crippen LogP contribution in [0, 0.1) is 0 Å². The van der Waals surface area contributed by atoms with Crippen LogP contribution in [-0.4, -0.2) is 38.8 Å². The number of alkyl halides is 2. The van der Waals surface area contributed by atoms with Crippen LogP contribution in [0.3, 0.4) is 0 Å². The molecule has 1 aromatic rings. The number of hydrogen-bond donors (Lipinski definition) is 1. The maximum absolute atomic E-state index is 12.7. The summed E-state index contributed by atoms with van der Waals surface area (Å²) in [6.45, 7) is -1.26. The van der Waals surface area contributed by atoms with E-state index in [9.17, 15) is 13.9 Å². The molecule has 0 radical (unpaired) electrons. The van der Waals surface area contributed by atoms with E-state index in [0.29, 0.717) is 12.4 Å². The number of likely N-dealkylation sites (tertiary alicyclic amines) is 1. The molecule has 2 heterocycles. The zero-order chi connectivity index (χ0) is 13.0. The first-order valence-corrected chi connectivity index (χ1v) is 6.37. The number of hydrogen-bond acceptors (Lipinski definition) is 3. The van der Waals surface area contributed by atoms with Gasteiger partial charge < -0.3 is 5.11 Å². The van der Waals surface area contributed by atoms with E-state index in [-0.39, 0.29) is 12.6 Å². The van der Waals surface area contributed by atoms with Gasteiger partial charge in [0.2, 0.25) is 0 Å². The van der Waals surface area contributed by atoms with Gasteiger partial charge in [-0.3, -0.25) is 9.47 Å². The molecule has 1 fully saturated rings. The van der Waals surface area contributed by atoms with E-state index in [1.54, 1.807) is 0 Å². The molecule has 2 rings (SSSR count). The largest absolute Gasteiger partial charge is 0.395 e. The van der Waals surface area contributed by atoms with Crippen molar-refractivity contribution in [2.75, 3.05) is 13.2 Å². The lowest BCUT2D eigenvalue weighted by atomic mass is 10.1. The number of aromatic nitrogens is 2. The third-order valence-electron chi connectivity index (χ3n) is 3.51. The number of nitrogens with zero attached hydrogens (tertiary/aromatic N) is 3.